The molecule has 6 rings (SSSR count). The maximum atomic E-state index is 14.1. The average molecular weight is 482 g/mol. The van der Waals surface area contributed by atoms with Crippen LogP contribution >= 0.6 is 11.6 Å². The van der Waals surface area contributed by atoms with Gasteiger partial charge < -0.3 is 14.8 Å². The van der Waals surface area contributed by atoms with Gasteiger partial charge in [-0.05, 0) is 50.1 Å². The van der Waals surface area contributed by atoms with Crippen molar-refractivity contribution in [3.05, 3.63) is 46.5 Å². The summed E-state index contributed by atoms with van der Waals surface area (Å²) >= 11 is 6.35. The van der Waals surface area contributed by atoms with Crippen LogP contribution < -0.4 is 19.7 Å². The lowest BCUT2D eigenvalue weighted by Gasteiger charge is -2.36. The highest BCUT2D eigenvalue weighted by molar-refractivity contribution is 6.32. The highest BCUT2D eigenvalue weighted by Crippen LogP contribution is 2.61. The number of nitrogens with one attached hydrogen (secondary N) is 1. The number of methoxy groups -OCH3 is 2. The predicted octanol–water partition coefficient (Wildman–Crippen LogP) is 3.10. The number of rotatable bonds is 3. The number of benzene rings is 2. The summed E-state index contributed by atoms with van der Waals surface area (Å²) < 4.78 is 10.8. The highest BCUT2D eigenvalue weighted by Gasteiger charge is 2.74. The summed E-state index contributed by atoms with van der Waals surface area (Å²) in [6, 6.07) is 8.40. The molecule has 0 aliphatic carbocycles. The van der Waals surface area contributed by atoms with Gasteiger partial charge in [-0.25, -0.2) is 4.90 Å². The summed E-state index contributed by atoms with van der Waals surface area (Å²) in [4.78, 5) is 45.1. The molecule has 4 heterocycles. The topological polar surface area (TPSA) is 88.2 Å². The number of hydrogen-bond acceptors (Lipinski definition) is 6. The fourth-order valence-electron chi connectivity index (χ4n) is 6.60. The highest BCUT2D eigenvalue weighted by atomic mass is 35.5. The Labute approximate surface area is 201 Å². The Kier molecular flexibility index (Phi) is 4.54. The third kappa shape index (κ3) is 2.40. The summed E-state index contributed by atoms with van der Waals surface area (Å²) in [7, 11) is 3.01. The molecule has 0 unspecified atom stereocenters. The molecule has 1 spiro atoms. The number of ether oxygens (including phenoxy) is 2. The summed E-state index contributed by atoms with van der Waals surface area (Å²) in [5.74, 6) is -1.55. The van der Waals surface area contributed by atoms with E-state index < -0.39 is 23.3 Å². The fraction of sp³-hybridized carbons (Fsp3) is 0.400. The van der Waals surface area contributed by atoms with Gasteiger partial charge >= 0.3 is 0 Å². The number of amides is 3. The van der Waals surface area contributed by atoms with Gasteiger partial charge in [0.05, 0.1) is 37.4 Å². The molecule has 3 fully saturated rings. The molecule has 2 aromatic rings. The zero-order chi connectivity index (χ0) is 23.9. The summed E-state index contributed by atoms with van der Waals surface area (Å²) in [6.45, 7) is 2.50. The first-order valence-electron chi connectivity index (χ1n) is 11.3. The van der Waals surface area contributed by atoms with Crippen molar-refractivity contribution >= 4 is 40.7 Å². The van der Waals surface area contributed by atoms with Gasteiger partial charge in [0.1, 0.15) is 17.0 Å². The second-order valence-electron chi connectivity index (χ2n) is 9.27. The first kappa shape index (κ1) is 21.4. The number of halogens is 1. The molecule has 1 N–H and O–H groups in total. The smallest absolute Gasteiger partial charge is 0.250 e. The SMILES string of the molecule is COc1ccc(OC)c(N2C(=O)[C@@H]3[C@@H]4CCCN4[C@@]4(C(=O)Nc5c4ccc(Cl)c5C)[C@H]3C2=O)c1. The van der Waals surface area contributed by atoms with Crippen molar-refractivity contribution in [1.29, 1.82) is 0 Å². The predicted molar refractivity (Wildman–Crippen MR) is 125 cm³/mol. The van der Waals surface area contributed by atoms with Crippen LogP contribution in [0, 0.1) is 18.8 Å². The molecule has 34 heavy (non-hydrogen) atoms. The van der Waals surface area contributed by atoms with Crippen molar-refractivity contribution in [1.82, 2.24) is 4.90 Å². The lowest BCUT2D eigenvalue weighted by Crippen LogP contribution is -2.54. The minimum atomic E-state index is -1.25. The van der Waals surface area contributed by atoms with Crippen molar-refractivity contribution in [2.75, 3.05) is 31.0 Å². The van der Waals surface area contributed by atoms with Gasteiger partial charge in [0.25, 0.3) is 0 Å². The van der Waals surface area contributed by atoms with Crippen molar-refractivity contribution in [3.63, 3.8) is 0 Å². The van der Waals surface area contributed by atoms with Crippen molar-refractivity contribution in [2.24, 2.45) is 11.8 Å². The summed E-state index contributed by atoms with van der Waals surface area (Å²) in [5.41, 5.74) is 1.20. The van der Waals surface area contributed by atoms with Crippen LogP contribution in [-0.4, -0.2) is 49.4 Å². The largest absolute Gasteiger partial charge is 0.497 e. The molecule has 4 atom stereocenters. The van der Waals surface area contributed by atoms with E-state index in [1.54, 1.807) is 24.3 Å². The van der Waals surface area contributed by atoms with Crippen LogP contribution in [0.3, 0.4) is 0 Å². The lowest BCUT2D eigenvalue weighted by molar-refractivity contribution is -0.135. The number of carbonyl (C=O) groups is 3. The van der Waals surface area contributed by atoms with Crippen LogP contribution in [0.5, 0.6) is 11.5 Å². The number of anilines is 2. The maximum Gasteiger partial charge on any atom is 0.250 e. The standard InChI is InChI=1S/C25H24ClN3O5/c1-12-15(26)8-7-14-21(12)27-24(32)25(14)20-19(16-5-4-10-28(16)25)22(30)29(23(20)31)17-11-13(33-2)6-9-18(17)34-3/h6-9,11,16,19-20H,4-5,10H2,1-3H3,(H,27,32)/t16-,19+,20+,25+/m0/s1. The molecule has 9 heteroatoms. The molecule has 0 saturated carbocycles. The van der Waals surface area contributed by atoms with E-state index in [1.807, 2.05) is 13.0 Å². The number of carbonyl (C=O) groups excluding carboxylic acids is 3. The van der Waals surface area contributed by atoms with Crippen LogP contribution in [-0.2, 0) is 19.9 Å². The second-order valence-corrected chi connectivity index (χ2v) is 9.68. The van der Waals surface area contributed by atoms with Crippen LogP contribution in [0.15, 0.2) is 30.3 Å². The van der Waals surface area contributed by atoms with Crippen molar-refractivity contribution < 1.29 is 23.9 Å². The van der Waals surface area contributed by atoms with Crippen molar-refractivity contribution in [2.45, 2.75) is 31.3 Å². The minimum absolute atomic E-state index is 0.198. The Balaban J connectivity index is 1.56. The van der Waals surface area contributed by atoms with E-state index in [0.29, 0.717) is 34.4 Å². The number of hydrogen-bond donors (Lipinski definition) is 1. The van der Waals surface area contributed by atoms with E-state index in [9.17, 15) is 14.4 Å². The molecule has 8 nitrogen and oxygen atoms in total. The molecule has 176 valence electrons. The normalized spacial score (nSPS) is 29.5. The Hall–Kier alpha value is -3.10. The monoisotopic (exact) mass is 481 g/mol. The van der Waals surface area contributed by atoms with E-state index in [-0.39, 0.29) is 17.9 Å². The van der Waals surface area contributed by atoms with Crippen LogP contribution in [0.2, 0.25) is 5.02 Å². The number of fused-ring (bicyclic) bond motifs is 7. The summed E-state index contributed by atoms with van der Waals surface area (Å²) in [5, 5.41) is 3.55. The van der Waals surface area contributed by atoms with Gasteiger partial charge in [-0.2, -0.15) is 0 Å². The van der Waals surface area contributed by atoms with E-state index in [4.69, 9.17) is 21.1 Å². The lowest BCUT2D eigenvalue weighted by atomic mass is 9.75. The van der Waals surface area contributed by atoms with Crippen LogP contribution in [0.4, 0.5) is 11.4 Å². The number of imide groups is 1. The minimum Gasteiger partial charge on any atom is -0.497 e. The summed E-state index contributed by atoms with van der Waals surface area (Å²) in [6.07, 6.45) is 1.61. The second kappa shape index (κ2) is 7.20. The van der Waals surface area contributed by atoms with E-state index in [1.165, 1.54) is 19.1 Å². The Morgan fingerprint density at radius 2 is 1.88 bits per heavy atom. The van der Waals surface area contributed by atoms with Crippen molar-refractivity contribution in [3.8, 4) is 11.5 Å². The van der Waals surface area contributed by atoms with Gasteiger partial charge in [-0.15, -0.1) is 0 Å². The van der Waals surface area contributed by atoms with Crippen LogP contribution in [0.1, 0.15) is 24.0 Å². The first-order chi connectivity index (χ1) is 16.4. The quantitative estimate of drug-likeness (QED) is 0.678. The molecule has 0 radical (unpaired) electrons. The maximum absolute atomic E-state index is 14.1. The third-order valence-electron chi connectivity index (χ3n) is 7.99. The van der Waals surface area contributed by atoms with Crippen LogP contribution in [0.25, 0.3) is 0 Å². The molecular weight excluding hydrogens is 458 g/mol. The van der Waals surface area contributed by atoms with Gasteiger partial charge in [-0.1, -0.05) is 17.7 Å². The number of nitrogens with zero attached hydrogens (tertiary/aromatic N) is 2. The van der Waals surface area contributed by atoms with Gasteiger partial charge in [0, 0.05) is 22.7 Å². The molecular formula is C25H24ClN3O5. The third-order valence-corrected chi connectivity index (χ3v) is 8.40. The Morgan fingerprint density at radius 1 is 1.09 bits per heavy atom. The first-order valence-corrected chi connectivity index (χ1v) is 11.7. The molecule has 3 amide bonds. The Bertz CT molecular complexity index is 1280. The Morgan fingerprint density at radius 3 is 2.62 bits per heavy atom. The fourth-order valence-corrected chi connectivity index (χ4v) is 6.76. The molecule has 4 aliphatic rings. The zero-order valence-electron chi connectivity index (χ0n) is 19.1. The van der Waals surface area contributed by atoms with Gasteiger partial charge in [0.2, 0.25) is 17.7 Å². The van der Waals surface area contributed by atoms with Gasteiger partial charge in [-0.3, -0.25) is 19.3 Å². The molecule has 0 bridgehead atoms. The van der Waals surface area contributed by atoms with Gasteiger partial charge in [0.15, 0.2) is 0 Å². The molecule has 0 aromatic heterocycles. The molecule has 2 aromatic carbocycles. The van der Waals surface area contributed by atoms with E-state index in [0.717, 1.165) is 24.0 Å². The molecule has 3 saturated heterocycles. The average Bonchev–Trinajstić information content (AvgIpc) is 3.54. The van der Waals surface area contributed by atoms with E-state index >= 15 is 0 Å². The molecule has 4 aliphatic heterocycles. The van der Waals surface area contributed by atoms with E-state index in [2.05, 4.69) is 10.2 Å². The zero-order valence-corrected chi connectivity index (χ0v) is 19.8.